The number of hydrogen-bond donors (Lipinski definition) is 2. The highest BCUT2D eigenvalue weighted by Gasteiger charge is 2.27. The lowest BCUT2D eigenvalue weighted by Crippen LogP contribution is -2.39. The Kier molecular flexibility index (Phi) is 6.58. The van der Waals surface area contributed by atoms with Crippen molar-refractivity contribution >= 4 is 39.0 Å². The van der Waals surface area contributed by atoms with Crippen molar-refractivity contribution in [2.45, 2.75) is 36.3 Å². The Morgan fingerprint density at radius 3 is 2.43 bits per heavy atom. The maximum absolute atomic E-state index is 12.3. The van der Waals surface area contributed by atoms with E-state index >= 15 is 0 Å². The molecule has 3 N–H and O–H groups in total. The summed E-state index contributed by atoms with van der Waals surface area (Å²) < 4.78 is 27.1. The molecule has 0 bridgehead atoms. The molecule has 118 valence electrons. The average molecular weight is 348 g/mol. The van der Waals surface area contributed by atoms with E-state index in [0.29, 0.717) is 12.2 Å². The summed E-state index contributed by atoms with van der Waals surface area (Å²) in [6.45, 7) is 4.51. The smallest absolute Gasteiger partial charge is 0.242 e. The molecule has 1 aromatic heterocycles. The average Bonchev–Trinajstić information content (AvgIpc) is 2.49. The number of nitrogens with two attached hydrogens (primary N) is 1. The molecule has 1 heterocycles. The van der Waals surface area contributed by atoms with E-state index in [1.54, 1.807) is 11.8 Å². The van der Waals surface area contributed by atoms with Gasteiger partial charge >= 0.3 is 0 Å². The molecular formula is C13H21N3O2S3. The Morgan fingerprint density at radius 2 is 2.05 bits per heavy atom. The molecule has 8 heteroatoms. The molecule has 1 rings (SSSR count). The van der Waals surface area contributed by atoms with Crippen LogP contribution in [0.4, 0.5) is 0 Å². The van der Waals surface area contributed by atoms with E-state index in [4.69, 9.17) is 18.0 Å². The molecular weight excluding hydrogens is 326 g/mol. The lowest BCUT2D eigenvalue weighted by atomic mass is 10.0. The second-order valence-electron chi connectivity index (χ2n) is 4.66. The van der Waals surface area contributed by atoms with Crippen LogP contribution in [0.1, 0.15) is 32.4 Å². The molecule has 0 aromatic carbocycles. The number of sulfonamides is 1. The standard InChI is InChI=1S/C13H21N3O2S3/c1-4-13(5-2,20-3)9-16-21(17,18)10-6-7-11(12(14)19)15-8-10/h6-8,16H,4-5,9H2,1-3H3,(H2,14,19). The number of hydrogen-bond acceptors (Lipinski definition) is 5. The van der Waals surface area contributed by atoms with Gasteiger partial charge in [0.15, 0.2) is 0 Å². The summed E-state index contributed by atoms with van der Waals surface area (Å²) in [6, 6.07) is 2.97. The first-order valence-corrected chi connectivity index (χ1v) is 9.72. The molecule has 0 radical (unpaired) electrons. The summed E-state index contributed by atoms with van der Waals surface area (Å²) in [5, 5.41) is 0. The van der Waals surface area contributed by atoms with E-state index in [0.717, 1.165) is 12.8 Å². The molecule has 0 fully saturated rings. The summed E-state index contributed by atoms with van der Waals surface area (Å²) in [5.74, 6) is 0. The molecule has 5 nitrogen and oxygen atoms in total. The van der Waals surface area contributed by atoms with Crippen LogP contribution >= 0.6 is 24.0 Å². The van der Waals surface area contributed by atoms with Gasteiger partial charge in [0.25, 0.3) is 0 Å². The Bertz CT molecular complexity index is 573. The highest BCUT2D eigenvalue weighted by molar-refractivity contribution is 8.00. The van der Waals surface area contributed by atoms with Crippen LogP contribution in [0.5, 0.6) is 0 Å². The Morgan fingerprint density at radius 1 is 1.43 bits per heavy atom. The van der Waals surface area contributed by atoms with E-state index in [1.807, 2.05) is 6.26 Å². The Hall–Kier alpha value is -0.700. The number of nitrogens with zero attached hydrogens (tertiary/aromatic N) is 1. The first-order chi connectivity index (χ1) is 9.80. The highest BCUT2D eigenvalue weighted by Crippen LogP contribution is 2.30. The molecule has 0 unspecified atom stereocenters. The topological polar surface area (TPSA) is 85.1 Å². The SMILES string of the molecule is CCC(CC)(CNS(=O)(=O)c1ccc(C(N)=S)nc1)SC. The lowest BCUT2D eigenvalue weighted by Gasteiger charge is -2.29. The number of aromatic nitrogens is 1. The van der Waals surface area contributed by atoms with Gasteiger partial charge in [0.05, 0.1) is 5.69 Å². The quantitative estimate of drug-likeness (QED) is 0.699. The van der Waals surface area contributed by atoms with Crippen LogP contribution < -0.4 is 10.5 Å². The van der Waals surface area contributed by atoms with Crippen LogP contribution in [-0.4, -0.2) is 35.9 Å². The molecule has 0 atom stereocenters. The molecule has 0 aliphatic rings. The summed E-state index contributed by atoms with van der Waals surface area (Å²) >= 11 is 6.48. The van der Waals surface area contributed by atoms with Crippen molar-refractivity contribution in [1.29, 1.82) is 0 Å². The molecule has 0 aliphatic carbocycles. The number of rotatable bonds is 8. The van der Waals surface area contributed by atoms with Crippen molar-refractivity contribution < 1.29 is 8.42 Å². The van der Waals surface area contributed by atoms with Crippen LogP contribution in [0.3, 0.4) is 0 Å². The number of thiocarbonyl (C=S) groups is 1. The molecule has 0 spiro atoms. The minimum absolute atomic E-state index is 0.0841. The van der Waals surface area contributed by atoms with Gasteiger partial charge in [0.2, 0.25) is 10.0 Å². The maximum Gasteiger partial charge on any atom is 0.242 e. The fraction of sp³-hybridized carbons (Fsp3) is 0.538. The maximum atomic E-state index is 12.3. The van der Waals surface area contributed by atoms with Gasteiger partial charge in [0, 0.05) is 17.5 Å². The monoisotopic (exact) mass is 347 g/mol. The van der Waals surface area contributed by atoms with Crippen molar-refractivity contribution in [1.82, 2.24) is 9.71 Å². The third kappa shape index (κ3) is 4.64. The fourth-order valence-corrected chi connectivity index (χ4v) is 3.93. The van der Waals surface area contributed by atoms with Crippen molar-refractivity contribution in [3.8, 4) is 0 Å². The van der Waals surface area contributed by atoms with Gasteiger partial charge in [-0.25, -0.2) is 13.1 Å². The van der Waals surface area contributed by atoms with Gasteiger partial charge in [-0.1, -0.05) is 26.1 Å². The summed E-state index contributed by atoms with van der Waals surface area (Å²) in [5.41, 5.74) is 5.85. The summed E-state index contributed by atoms with van der Waals surface area (Å²) in [4.78, 5) is 4.22. The Labute approximate surface area is 136 Å². The molecule has 0 saturated carbocycles. The number of pyridine rings is 1. The molecule has 1 aromatic rings. The molecule has 0 saturated heterocycles. The van der Waals surface area contributed by atoms with Gasteiger partial charge in [-0.3, -0.25) is 4.98 Å². The van der Waals surface area contributed by atoms with Crippen molar-refractivity contribution in [2.75, 3.05) is 12.8 Å². The first kappa shape index (κ1) is 18.3. The minimum atomic E-state index is -3.58. The number of nitrogens with one attached hydrogen (secondary N) is 1. The third-order valence-electron chi connectivity index (χ3n) is 3.61. The van der Waals surface area contributed by atoms with Crippen molar-refractivity contribution in [3.05, 3.63) is 24.0 Å². The zero-order valence-electron chi connectivity index (χ0n) is 12.4. The van der Waals surface area contributed by atoms with Gasteiger partial charge in [-0.05, 0) is 31.2 Å². The minimum Gasteiger partial charge on any atom is -0.388 e. The summed E-state index contributed by atoms with van der Waals surface area (Å²) in [6.07, 6.45) is 5.06. The molecule has 0 amide bonds. The third-order valence-corrected chi connectivity index (χ3v) is 6.79. The fourth-order valence-electron chi connectivity index (χ4n) is 1.86. The van der Waals surface area contributed by atoms with Crippen molar-refractivity contribution in [3.63, 3.8) is 0 Å². The normalized spacial score (nSPS) is 12.3. The highest BCUT2D eigenvalue weighted by atomic mass is 32.2. The second kappa shape index (κ2) is 7.53. The van der Waals surface area contributed by atoms with E-state index in [2.05, 4.69) is 23.6 Å². The van der Waals surface area contributed by atoms with Crippen LogP contribution in [0.15, 0.2) is 23.2 Å². The predicted molar refractivity (Wildman–Crippen MR) is 92.1 cm³/mol. The summed E-state index contributed by atoms with van der Waals surface area (Å²) in [7, 11) is -3.58. The largest absolute Gasteiger partial charge is 0.388 e. The van der Waals surface area contributed by atoms with Crippen LogP contribution in [0.2, 0.25) is 0 Å². The zero-order valence-corrected chi connectivity index (χ0v) is 14.9. The number of thioether (sulfide) groups is 1. The van der Waals surface area contributed by atoms with Crippen LogP contribution in [0.25, 0.3) is 0 Å². The van der Waals surface area contributed by atoms with Gasteiger partial charge in [-0.15, -0.1) is 0 Å². The first-order valence-electron chi connectivity index (χ1n) is 6.61. The van der Waals surface area contributed by atoms with E-state index < -0.39 is 10.0 Å². The van der Waals surface area contributed by atoms with Gasteiger partial charge < -0.3 is 5.73 Å². The predicted octanol–water partition coefficient (Wildman–Crippen LogP) is 1.92. The molecule has 0 aliphatic heterocycles. The van der Waals surface area contributed by atoms with E-state index in [9.17, 15) is 8.42 Å². The zero-order chi connectivity index (χ0) is 16.1. The lowest BCUT2D eigenvalue weighted by molar-refractivity contribution is 0.522. The van der Waals surface area contributed by atoms with Gasteiger partial charge in [0.1, 0.15) is 9.88 Å². The van der Waals surface area contributed by atoms with Gasteiger partial charge in [-0.2, -0.15) is 11.8 Å². The molecule has 21 heavy (non-hydrogen) atoms. The van der Waals surface area contributed by atoms with E-state index in [-0.39, 0.29) is 14.6 Å². The van der Waals surface area contributed by atoms with Crippen LogP contribution in [0, 0.1) is 0 Å². The van der Waals surface area contributed by atoms with Crippen LogP contribution in [-0.2, 0) is 10.0 Å². The Balaban J connectivity index is 2.89. The second-order valence-corrected chi connectivity index (χ2v) is 8.14. The van der Waals surface area contributed by atoms with E-state index in [1.165, 1.54) is 18.3 Å². The van der Waals surface area contributed by atoms with Crippen molar-refractivity contribution in [2.24, 2.45) is 5.73 Å².